The number of aromatic amines is 1. The van der Waals surface area contributed by atoms with Gasteiger partial charge in [-0.3, -0.25) is 0 Å². The van der Waals surface area contributed by atoms with Crippen molar-refractivity contribution in [1.82, 2.24) is 15.2 Å². The lowest BCUT2D eigenvalue weighted by atomic mass is 10.0. The number of likely N-dealkylation sites (N-methyl/N-ethyl adjacent to an activating group) is 1. The normalized spacial score (nSPS) is 23.5. The topological polar surface area (TPSA) is 31.1 Å². The Morgan fingerprint density at radius 3 is 3.12 bits per heavy atom. The fourth-order valence-electron chi connectivity index (χ4n) is 2.60. The second-order valence-electron chi connectivity index (χ2n) is 4.92. The first-order chi connectivity index (χ1) is 8.25. The number of aromatic nitrogens is 1. The maximum atomic E-state index is 3.59. The minimum Gasteiger partial charge on any atom is -0.374 e. The van der Waals surface area contributed by atoms with Crippen molar-refractivity contribution in [3.63, 3.8) is 0 Å². The van der Waals surface area contributed by atoms with Gasteiger partial charge in [-0.15, -0.1) is 0 Å². The van der Waals surface area contributed by atoms with Gasteiger partial charge in [0.2, 0.25) is 0 Å². The molecular formula is C14H19N3. The highest BCUT2D eigenvalue weighted by molar-refractivity contribution is 5.70. The molecule has 0 bridgehead atoms. The molecule has 0 saturated carbocycles. The van der Waals surface area contributed by atoms with Crippen molar-refractivity contribution in [3.05, 3.63) is 41.4 Å². The van der Waals surface area contributed by atoms with Crippen LogP contribution in [0, 0.1) is 0 Å². The Hall–Kier alpha value is -1.48. The Morgan fingerprint density at radius 2 is 2.29 bits per heavy atom. The van der Waals surface area contributed by atoms with Crippen molar-refractivity contribution in [2.45, 2.75) is 25.9 Å². The van der Waals surface area contributed by atoms with Crippen LogP contribution in [0.1, 0.15) is 23.9 Å². The predicted molar refractivity (Wildman–Crippen MR) is 70.5 cm³/mol. The highest BCUT2D eigenvalue weighted by Gasteiger charge is 2.20. The smallest absolute Gasteiger partial charge is 0.0526 e. The molecule has 17 heavy (non-hydrogen) atoms. The van der Waals surface area contributed by atoms with Crippen LogP contribution >= 0.6 is 0 Å². The molecule has 0 fully saturated rings. The maximum Gasteiger partial charge on any atom is 0.0526 e. The minimum absolute atomic E-state index is 0.438. The average molecular weight is 229 g/mol. The molecule has 1 aromatic rings. The average Bonchev–Trinajstić information content (AvgIpc) is 2.76. The molecule has 0 saturated heterocycles. The van der Waals surface area contributed by atoms with E-state index in [2.05, 4.69) is 53.6 Å². The van der Waals surface area contributed by atoms with Crippen molar-refractivity contribution in [3.8, 4) is 0 Å². The summed E-state index contributed by atoms with van der Waals surface area (Å²) in [4.78, 5) is 5.83. The van der Waals surface area contributed by atoms with Gasteiger partial charge in [0.15, 0.2) is 0 Å². The van der Waals surface area contributed by atoms with E-state index in [-0.39, 0.29) is 0 Å². The van der Waals surface area contributed by atoms with Crippen LogP contribution in [0.2, 0.25) is 0 Å². The highest BCUT2D eigenvalue weighted by atomic mass is 15.1. The largest absolute Gasteiger partial charge is 0.374 e. The molecular weight excluding hydrogens is 210 g/mol. The summed E-state index contributed by atoms with van der Waals surface area (Å²) in [5, 5.41) is 3.41. The van der Waals surface area contributed by atoms with Gasteiger partial charge in [-0.1, -0.05) is 6.08 Å². The minimum atomic E-state index is 0.438. The van der Waals surface area contributed by atoms with Gasteiger partial charge >= 0.3 is 0 Å². The van der Waals surface area contributed by atoms with E-state index in [1.165, 1.54) is 22.5 Å². The van der Waals surface area contributed by atoms with Gasteiger partial charge in [0, 0.05) is 37.9 Å². The second-order valence-corrected chi connectivity index (χ2v) is 4.92. The molecule has 1 atom stereocenters. The molecule has 90 valence electrons. The van der Waals surface area contributed by atoms with Crippen molar-refractivity contribution in [2.24, 2.45) is 0 Å². The number of allylic oxidation sites excluding steroid dienone is 2. The summed E-state index contributed by atoms with van der Waals surface area (Å²) in [5.74, 6) is 0. The summed E-state index contributed by atoms with van der Waals surface area (Å²) in [6.07, 6.45) is 7.57. The lowest BCUT2D eigenvalue weighted by Gasteiger charge is -2.27. The zero-order chi connectivity index (χ0) is 11.8. The third-order valence-electron chi connectivity index (χ3n) is 3.83. The molecule has 3 rings (SSSR count). The fraction of sp³-hybridized carbons (Fsp3) is 0.429. The third kappa shape index (κ3) is 1.80. The molecule has 0 aliphatic carbocycles. The summed E-state index contributed by atoms with van der Waals surface area (Å²) in [6, 6.07) is 2.74. The standard InChI is InChI=1S/C14H19N3/c1-10-12(4-3-7-17(10)2)14-8-11-9-15-6-5-13(11)16-14/h3-4,7-8,10,15-16H,5-6,9H2,1-2H3. The summed E-state index contributed by atoms with van der Waals surface area (Å²) in [7, 11) is 2.12. The van der Waals surface area contributed by atoms with Crippen LogP contribution in [-0.4, -0.2) is 29.5 Å². The van der Waals surface area contributed by atoms with Crippen LogP contribution in [-0.2, 0) is 13.0 Å². The van der Waals surface area contributed by atoms with Gasteiger partial charge in [0.25, 0.3) is 0 Å². The number of H-pyrrole nitrogens is 1. The van der Waals surface area contributed by atoms with Crippen molar-refractivity contribution >= 4 is 5.57 Å². The van der Waals surface area contributed by atoms with E-state index in [0.29, 0.717) is 6.04 Å². The van der Waals surface area contributed by atoms with Crippen LogP contribution in [0.25, 0.3) is 5.57 Å². The molecule has 2 aliphatic heterocycles. The highest BCUT2D eigenvalue weighted by Crippen LogP contribution is 2.27. The summed E-state index contributed by atoms with van der Waals surface area (Å²) < 4.78 is 0. The van der Waals surface area contributed by atoms with Crippen molar-refractivity contribution in [2.75, 3.05) is 13.6 Å². The molecule has 1 unspecified atom stereocenters. The van der Waals surface area contributed by atoms with E-state index in [0.717, 1.165) is 19.5 Å². The Morgan fingerprint density at radius 1 is 1.41 bits per heavy atom. The van der Waals surface area contributed by atoms with Crippen LogP contribution in [0.4, 0.5) is 0 Å². The Labute approximate surface area is 102 Å². The number of rotatable bonds is 1. The molecule has 1 aromatic heterocycles. The first-order valence-electron chi connectivity index (χ1n) is 6.28. The number of nitrogens with one attached hydrogen (secondary N) is 2. The quantitative estimate of drug-likeness (QED) is 0.770. The molecule has 3 heteroatoms. The number of fused-ring (bicyclic) bond motifs is 1. The van der Waals surface area contributed by atoms with E-state index in [4.69, 9.17) is 0 Å². The van der Waals surface area contributed by atoms with Gasteiger partial charge in [-0.05, 0) is 36.4 Å². The summed E-state index contributed by atoms with van der Waals surface area (Å²) in [6.45, 7) is 4.33. The number of hydrogen-bond donors (Lipinski definition) is 2. The lowest BCUT2D eigenvalue weighted by molar-refractivity contribution is 0.413. The van der Waals surface area contributed by atoms with Crippen LogP contribution in [0.15, 0.2) is 24.4 Å². The van der Waals surface area contributed by atoms with Gasteiger partial charge < -0.3 is 15.2 Å². The van der Waals surface area contributed by atoms with Crippen LogP contribution in [0.5, 0.6) is 0 Å². The molecule has 0 amide bonds. The lowest BCUT2D eigenvalue weighted by Crippen LogP contribution is -2.27. The van der Waals surface area contributed by atoms with E-state index >= 15 is 0 Å². The van der Waals surface area contributed by atoms with Gasteiger partial charge in [0.05, 0.1) is 6.04 Å². The molecule has 3 nitrogen and oxygen atoms in total. The molecule has 0 spiro atoms. The first kappa shape index (κ1) is 10.7. The monoisotopic (exact) mass is 229 g/mol. The van der Waals surface area contributed by atoms with Gasteiger partial charge in [0.1, 0.15) is 0 Å². The van der Waals surface area contributed by atoms with Crippen molar-refractivity contribution < 1.29 is 0 Å². The molecule has 0 radical (unpaired) electrons. The summed E-state index contributed by atoms with van der Waals surface area (Å²) in [5.41, 5.74) is 5.49. The summed E-state index contributed by atoms with van der Waals surface area (Å²) >= 11 is 0. The van der Waals surface area contributed by atoms with E-state index in [1.54, 1.807) is 0 Å². The molecule has 2 N–H and O–H groups in total. The third-order valence-corrected chi connectivity index (χ3v) is 3.83. The Kier molecular flexibility index (Phi) is 2.56. The van der Waals surface area contributed by atoms with Gasteiger partial charge in [-0.2, -0.15) is 0 Å². The SMILES string of the molecule is CC1C(c2cc3c([nH]2)CCNC3)=CC=CN1C. The van der Waals surface area contributed by atoms with Crippen LogP contribution in [0.3, 0.4) is 0 Å². The van der Waals surface area contributed by atoms with E-state index < -0.39 is 0 Å². The predicted octanol–water partition coefficient (Wildman–Crippen LogP) is 1.89. The maximum absolute atomic E-state index is 3.59. The first-order valence-corrected chi connectivity index (χ1v) is 6.28. The zero-order valence-electron chi connectivity index (χ0n) is 10.5. The molecule has 2 aliphatic rings. The number of nitrogens with zero attached hydrogens (tertiary/aromatic N) is 1. The molecule has 0 aromatic carbocycles. The Bertz CT molecular complexity index is 458. The van der Waals surface area contributed by atoms with Crippen molar-refractivity contribution in [1.29, 1.82) is 0 Å². The molecule has 3 heterocycles. The van der Waals surface area contributed by atoms with E-state index in [9.17, 15) is 0 Å². The zero-order valence-corrected chi connectivity index (χ0v) is 10.5. The van der Waals surface area contributed by atoms with E-state index in [1.807, 2.05) is 0 Å². The fourth-order valence-corrected chi connectivity index (χ4v) is 2.60. The van der Waals surface area contributed by atoms with Gasteiger partial charge in [-0.25, -0.2) is 0 Å². The van der Waals surface area contributed by atoms with Crippen LogP contribution < -0.4 is 5.32 Å². The second kappa shape index (κ2) is 4.08. The number of hydrogen-bond acceptors (Lipinski definition) is 2. The Balaban J connectivity index is 1.96.